The Morgan fingerprint density at radius 2 is 1.71 bits per heavy atom. The van der Waals surface area contributed by atoms with Crippen molar-refractivity contribution in [2.45, 2.75) is 39.2 Å². The van der Waals surface area contributed by atoms with E-state index in [-0.39, 0.29) is 18.4 Å². The standard InChI is InChI=1S/C23H28N2O3/c1-3-23(27)28-25(18(2)26)22(17-24-14-7-8-15-24)21-13-9-12-20(16-21)19-10-5-4-6-11-19/h4-6,9-13,16,22H,3,7-8,14-15,17H2,1-2H3/t22-/m1/s1. The molecule has 5 nitrogen and oxygen atoms in total. The van der Waals surface area contributed by atoms with Gasteiger partial charge < -0.3 is 9.74 Å². The number of hydroxylamine groups is 2. The van der Waals surface area contributed by atoms with Crippen molar-refractivity contribution in [2.24, 2.45) is 0 Å². The fraction of sp³-hybridized carbons (Fsp3) is 0.391. The van der Waals surface area contributed by atoms with E-state index in [0.29, 0.717) is 6.54 Å². The molecule has 0 bridgehead atoms. The normalized spacial score (nSPS) is 15.2. The molecule has 1 heterocycles. The second-order valence-corrected chi connectivity index (χ2v) is 7.18. The Morgan fingerprint density at radius 3 is 2.36 bits per heavy atom. The first-order valence-corrected chi connectivity index (χ1v) is 9.97. The highest BCUT2D eigenvalue weighted by Crippen LogP contribution is 2.29. The van der Waals surface area contributed by atoms with E-state index in [0.717, 1.165) is 42.6 Å². The Labute approximate surface area is 166 Å². The molecule has 1 aliphatic heterocycles. The van der Waals surface area contributed by atoms with Gasteiger partial charge in [0.2, 0.25) is 0 Å². The molecule has 0 spiro atoms. The number of carbonyl (C=O) groups excluding carboxylic acids is 2. The fourth-order valence-electron chi connectivity index (χ4n) is 3.60. The number of rotatable bonds is 6. The minimum Gasteiger partial charge on any atom is -0.338 e. The molecular weight excluding hydrogens is 352 g/mol. The number of likely N-dealkylation sites (tertiary alicyclic amines) is 1. The zero-order valence-electron chi connectivity index (χ0n) is 16.6. The van der Waals surface area contributed by atoms with E-state index in [2.05, 4.69) is 29.2 Å². The third-order valence-corrected chi connectivity index (χ3v) is 5.09. The van der Waals surface area contributed by atoms with Crippen LogP contribution in [0.3, 0.4) is 0 Å². The van der Waals surface area contributed by atoms with Gasteiger partial charge in [-0.3, -0.25) is 4.79 Å². The number of nitrogens with zero attached hydrogens (tertiary/aromatic N) is 2. The van der Waals surface area contributed by atoms with Crippen LogP contribution in [0.25, 0.3) is 11.1 Å². The van der Waals surface area contributed by atoms with Crippen molar-refractivity contribution in [2.75, 3.05) is 19.6 Å². The van der Waals surface area contributed by atoms with Gasteiger partial charge in [0.15, 0.2) is 0 Å². The summed E-state index contributed by atoms with van der Waals surface area (Å²) in [5.74, 6) is -0.669. The van der Waals surface area contributed by atoms with Gasteiger partial charge in [-0.1, -0.05) is 55.5 Å². The van der Waals surface area contributed by atoms with Gasteiger partial charge in [-0.05, 0) is 48.7 Å². The van der Waals surface area contributed by atoms with E-state index >= 15 is 0 Å². The summed E-state index contributed by atoms with van der Waals surface area (Å²) in [5.41, 5.74) is 3.16. The van der Waals surface area contributed by atoms with Crippen molar-refractivity contribution in [1.82, 2.24) is 9.96 Å². The van der Waals surface area contributed by atoms with Crippen LogP contribution in [0, 0.1) is 0 Å². The minimum atomic E-state index is -0.402. The predicted octanol–water partition coefficient (Wildman–Crippen LogP) is 4.21. The van der Waals surface area contributed by atoms with Crippen LogP contribution in [0.4, 0.5) is 0 Å². The van der Waals surface area contributed by atoms with Crippen LogP contribution in [0.1, 0.15) is 44.7 Å². The lowest BCUT2D eigenvalue weighted by Crippen LogP contribution is -2.41. The Kier molecular flexibility index (Phi) is 6.82. The van der Waals surface area contributed by atoms with E-state index in [1.54, 1.807) is 6.92 Å². The van der Waals surface area contributed by atoms with Crippen LogP contribution < -0.4 is 0 Å². The quantitative estimate of drug-likeness (QED) is 0.705. The summed E-state index contributed by atoms with van der Waals surface area (Å²) in [4.78, 5) is 32.1. The number of carbonyl (C=O) groups is 2. The predicted molar refractivity (Wildman–Crippen MR) is 109 cm³/mol. The first-order chi connectivity index (χ1) is 13.6. The molecule has 28 heavy (non-hydrogen) atoms. The van der Waals surface area contributed by atoms with Gasteiger partial charge in [-0.2, -0.15) is 5.06 Å². The Balaban J connectivity index is 1.95. The lowest BCUT2D eigenvalue weighted by Gasteiger charge is -2.32. The summed E-state index contributed by atoms with van der Waals surface area (Å²) >= 11 is 0. The van der Waals surface area contributed by atoms with Crippen LogP contribution in [-0.2, 0) is 14.4 Å². The molecule has 0 unspecified atom stereocenters. The second-order valence-electron chi connectivity index (χ2n) is 7.18. The highest BCUT2D eigenvalue weighted by molar-refractivity contribution is 5.76. The smallest absolute Gasteiger partial charge is 0.332 e. The Morgan fingerprint density at radius 1 is 1.04 bits per heavy atom. The summed E-state index contributed by atoms with van der Waals surface area (Å²) in [6.45, 7) is 5.83. The highest BCUT2D eigenvalue weighted by atomic mass is 16.7. The number of hydrogen-bond donors (Lipinski definition) is 0. The Bertz CT molecular complexity index is 801. The first-order valence-electron chi connectivity index (χ1n) is 9.97. The molecule has 0 saturated carbocycles. The molecule has 5 heteroatoms. The van der Waals surface area contributed by atoms with Gasteiger partial charge in [-0.25, -0.2) is 4.79 Å². The summed E-state index contributed by atoms with van der Waals surface area (Å²) in [7, 11) is 0. The third-order valence-electron chi connectivity index (χ3n) is 5.09. The summed E-state index contributed by atoms with van der Waals surface area (Å²) < 4.78 is 0. The molecule has 0 N–H and O–H groups in total. The molecule has 1 saturated heterocycles. The third kappa shape index (κ3) is 4.98. The lowest BCUT2D eigenvalue weighted by atomic mass is 9.99. The van der Waals surface area contributed by atoms with E-state index in [1.807, 2.05) is 30.3 Å². The van der Waals surface area contributed by atoms with Gasteiger partial charge in [0.1, 0.15) is 6.04 Å². The van der Waals surface area contributed by atoms with Crippen LogP contribution in [-0.4, -0.2) is 41.5 Å². The van der Waals surface area contributed by atoms with E-state index in [4.69, 9.17) is 4.84 Å². The summed E-state index contributed by atoms with van der Waals surface area (Å²) in [6, 6.07) is 17.9. The maximum absolute atomic E-state index is 12.4. The molecular formula is C23H28N2O3. The van der Waals surface area contributed by atoms with Crippen LogP contribution in [0.15, 0.2) is 54.6 Å². The molecule has 0 aromatic heterocycles. The number of benzene rings is 2. The van der Waals surface area contributed by atoms with Crippen molar-refractivity contribution >= 4 is 11.9 Å². The van der Waals surface area contributed by atoms with Crippen molar-refractivity contribution in [3.05, 3.63) is 60.2 Å². The molecule has 1 aliphatic rings. The molecule has 0 radical (unpaired) electrons. The van der Waals surface area contributed by atoms with E-state index in [1.165, 1.54) is 12.0 Å². The van der Waals surface area contributed by atoms with Gasteiger partial charge in [0.25, 0.3) is 5.91 Å². The lowest BCUT2D eigenvalue weighted by molar-refractivity contribution is -0.208. The first kappa shape index (κ1) is 20.1. The largest absolute Gasteiger partial charge is 0.338 e. The average Bonchev–Trinajstić information content (AvgIpc) is 3.24. The van der Waals surface area contributed by atoms with Crippen molar-refractivity contribution in [3.63, 3.8) is 0 Å². The van der Waals surface area contributed by atoms with Gasteiger partial charge >= 0.3 is 5.97 Å². The molecule has 3 rings (SSSR count). The van der Waals surface area contributed by atoms with Crippen LogP contribution in [0.2, 0.25) is 0 Å². The van der Waals surface area contributed by atoms with Crippen molar-refractivity contribution in [3.8, 4) is 11.1 Å². The summed E-state index contributed by atoms with van der Waals surface area (Å²) in [5, 5.41) is 1.26. The number of amides is 1. The molecule has 2 aromatic rings. The molecule has 1 amide bonds. The molecule has 0 aliphatic carbocycles. The maximum Gasteiger partial charge on any atom is 0.332 e. The Hall–Kier alpha value is -2.66. The van der Waals surface area contributed by atoms with Crippen LogP contribution in [0.5, 0.6) is 0 Å². The fourth-order valence-corrected chi connectivity index (χ4v) is 3.60. The molecule has 1 atom stereocenters. The SMILES string of the molecule is CCC(=O)ON(C(C)=O)[C@H](CN1CCCC1)c1cccc(-c2ccccc2)c1. The number of hydrogen-bond acceptors (Lipinski definition) is 4. The zero-order chi connectivity index (χ0) is 19.9. The van der Waals surface area contributed by atoms with Crippen LogP contribution >= 0.6 is 0 Å². The minimum absolute atomic E-state index is 0.226. The van der Waals surface area contributed by atoms with Gasteiger partial charge in [0, 0.05) is 19.9 Å². The van der Waals surface area contributed by atoms with Crippen molar-refractivity contribution in [1.29, 1.82) is 0 Å². The van der Waals surface area contributed by atoms with Gasteiger partial charge in [-0.15, -0.1) is 0 Å². The molecule has 148 valence electrons. The molecule has 2 aromatic carbocycles. The van der Waals surface area contributed by atoms with Gasteiger partial charge in [0.05, 0.1) is 0 Å². The average molecular weight is 380 g/mol. The zero-order valence-corrected chi connectivity index (χ0v) is 16.6. The van der Waals surface area contributed by atoms with Crippen molar-refractivity contribution < 1.29 is 14.4 Å². The molecule has 1 fully saturated rings. The second kappa shape index (κ2) is 9.51. The maximum atomic E-state index is 12.4. The monoisotopic (exact) mass is 380 g/mol. The van der Waals surface area contributed by atoms with E-state index < -0.39 is 5.97 Å². The highest BCUT2D eigenvalue weighted by Gasteiger charge is 2.29. The van der Waals surface area contributed by atoms with E-state index in [9.17, 15) is 9.59 Å². The summed E-state index contributed by atoms with van der Waals surface area (Å²) in [6.07, 6.45) is 2.54. The topological polar surface area (TPSA) is 49.9 Å².